The molecule has 0 aromatic carbocycles. The van der Waals surface area contributed by atoms with Gasteiger partial charge in [-0.15, -0.1) is 0 Å². The van der Waals surface area contributed by atoms with E-state index in [1.807, 2.05) is 19.4 Å². The topological polar surface area (TPSA) is 70.1 Å². The van der Waals surface area contributed by atoms with Crippen molar-refractivity contribution in [2.45, 2.75) is 30.1 Å². The van der Waals surface area contributed by atoms with Crippen LogP contribution < -0.4 is 10.6 Å². The van der Waals surface area contributed by atoms with Crippen molar-refractivity contribution in [1.82, 2.24) is 9.97 Å². The molecule has 0 unspecified atom stereocenters. The van der Waals surface area contributed by atoms with Gasteiger partial charge in [0.1, 0.15) is 11.6 Å². The Morgan fingerprint density at radius 1 is 1.38 bits per heavy atom. The molecule has 1 heterocycles. The van der Waals surface area contributed by atoms with E-state index < -0.39 is 0 Å². The van der Waals surface area contributed by atoms with Crippen LogP contribution in [0.1, 0.15) is 12.8 Å². The molecule has 0 spiro atoms. The summed E-state index contributed by atoms with van der Waals surface area (Å²) in [7, 11) is 1.84. The van der Waals surface area contributed by atoms with E-state index >= 15 is 0 Å². The van der Waals surface area contributed by atoms with Crippen molar-refractivity contribution in [2.75, 3.05) is 23.9 Å². The number of aliphatic hydroxyl groups is 1. The summed E-state index contributed by atoms with van der Waals surface area (Å²) < 4.78 is 0. The summed E-state index contributed by atoms with van der Waals surface area (Å²) >= 11 is 1.51. The number of nitrogens with one attached hydrogen (secondary N) is 2. The second-order valence-corrected chi connectivity index (χ2v) is 4.62. The van der Waals surface area contributed by atoms with Crippen LogP contribution in [0, 0.1) is 0 Å². The molecule has 1 aliphatic rings. The third kappa shape index (κ3) is 2.56. The van der Waals surface area contributed by atoms with Gasteiger partial charge in [0.05, 0.1) is 6.10 Å². The molecule has 88 valence electrons. The van der Waals surface area contributed by atoms with Crippen LogP contribution in [-0.4, -0.2) is 40.5 Å². The lowest BCUT2D eigenvalue weighted by Gasteiger charge is -2.32. The van der Waals surface area contributed by atoms with Crippen LogP contribution in [0.25, 0.3) is 0 Å². The first kappa shape index (κ1) is 11.5. The highest BCUT2D eigenvalue weighted by molar-refractivity contribution is 7.98. The summed E-state index contributed by atoms with van der Waals surface area (Å²) in [6, 6.07) is 2.22. The SMILES string of the molecule is CNc1cc(NC2CC(O)C2)nc(SC)n1. The first-order valence-corrected chi connectivity index (χ1v) is 6.49. The van der Waals surface area contributed by atoms with E-state index in [4.69, 9.17) is 0 Å². The highest BCUT2D eigenvalue weighted by atomic mass is 32.2. The standard InChI is InChI=1S/C10H16N4OS/c1-11-8-5-9(14-10(13-8)16-2)12-6-3-7(15)4-6/h5-7,15H,3-4H2,1-2H3,(H2,11,12,13,14). The molecular weight excluding hydrogens is 224 g/mol. The number of anilines is 2. The minimum absolute atomic E-state index is 0.150. The third-order valence-corrected chi connectivity index (χ3v) is 3.16. The quantitative estimate of drug-likeness (QED) is 0.542. The van der Waals surface area contributed by atoms with E-state index in [1.54, 1.807) is 0 Å². The van der Waals surface area contributed by atoms with Gasteiger partial charge in [0.25, 0.3) is 0 Å². The Morgan fingerprint density at radius 2 is 2.06 bits per heavy atom. The lowest BCUT2D eigenvalue weighted by atomic mass is 9.89. The zero-order valence-electron chi connectivity index (χ0n) is 9.40. The fraction of sp³-hybridized carbons (Fsp3) is 0.600. The number of hydrogen-bond donors (Lipinski definition) is 3. The maximum absolute atomic E-state index is 9.21. The molecule has 0 amide bonds. The van der Waals surface area contributed by atoms with E-state index in [0.717, 1.165) is 29.6 Å². The molecule has 1 fully saturated rings. The van der Waals surface area contributed by atoms with E-state index in [-0.39, 0.29) is 6.10 Å². The number of thioether (sulfide) groups is 1. The second-order valence-electron chi connectivity index (χ2n) is 3.84. The van der Waals surface area contributed by atoms with Gasteiger partial charge in [0, 0.05) is 19.2 Å². The Balaban J connectivity index is 2.07. The van der Waals surface area contributed by atoms with Crippen molar-refractivity contribution >= 4 is 23.4 Å². The maximum atomic E-state index is 9.21. The lowest BCUT2D eigenvalue weighted by Crippen LogP contribution is -2.39. The average molecular weight is 240 g/mol. The molecule has 1 aromatic rings. The summed E-state index contributed by atoms with van der Waals surface area (Å²) in [5.41, 5.74) is 0. The van der Waals surface area contributed by atoms with Gasteiger partial charge in [-0.05, 0) is 19.1 Å². The van der Waals surface area contributed by atoms with Gasteiger partial charge in [-0.2, -0.15) is 0 Å². The van der Waals surface area contributed by atoms with Crippen LogP contribution in [0.2, 0.25) is 0 Å². The van der Waals surface area contributed by atoms with E-state index in [1.165, 1.54) is 11.8 Å². The highest BCUT2D eigenvalue weighted by Crippen LogP contribution is 2.25. The van der Waals surface area contributed by atoms with Crippen molar-refractivity contribution in [3.63, 3.8) is 0 Å². The Morgan fingerprint density at radius 3 is 2.62 bits per heavy atom. The van der Waals surface area contributed by atoms with Gasteiger partial charge in [0.2, 0.25) is 0 Å². The Labute approximate surface area is 99.1 Å². The Hall–Kier alpha value is -1.01. The summed E-state index contributed by atoms with van der Waals surface area (Å²) in [5, 5.41) is 16.3. The normalized spacial score (nSPS) is 23.7. The van der Waals surface area contributed by atoms with Crippen molar-refractivity contribution in [2.24, 2.45) is 0 Å². The molecule has 0 bridgehead atoms. The third-order valence-electron chi connectivity index (χ3n) is 2.61. The van der Waals surface area contributed by atoms with E-state index in [9.17, 15) is 5.11 Å². The van der Waals surface area contributed by atoms with E-state index in [2.05, 4.69) is 20.6 Å². The number of aromatic nitrogens is 2. The molecule has 1 aromatic heterocycles. The Kier molecular flexibility index (Phi) is 3.50. The second kappa shape index (κ2) is 4.88. The minimum Gasteiger partial charge on any atom is -0.393 e. The minimum atomic E-state index is -0.150. The Bertz CT molecular complexity index is 346. The number of aliphatic hydroxyl groups excluding tert-OH is 1. The summed E-state index contributed by atoms with van der Waals surface area (Å²) in [4.78, 5) is 8.65. The van der Waals surface area contributed by atoms with Crippen LogP contribution >= 0.6 is 11.8 Å². The number of rotatable bonds is 4. The first-order valence-electron chi connectivity index (χ1n) is 5.26. The lowest BCUT2D eigenvalue weighted by molar-refractivity contribution is 0.0835. The molecule has 3 N–H and O–H groups in total. The molecule has 5 nitrogen and oxygen atoms in total. The molecule has 6 heteroatoms. The molecule has 0 atom stereocenters. The number of hydrogen-bond acceptors (Lipinski definition) is 6. The van der Waals surface area contributed by atoms with Crippen molar-refractivity contribution in [3.8, 4) is 0 Å². The van der Waals surface area contributed by atoms with Gasteiger partial charge in [-0.1, -0.05) is 11.8 Å². The van der Waals surface area contributed by atoms with Gasteiger partial charge < -0.3 is 15.7 Å². The molecule has 0 saturated heterocycles. The zero-order valence-corrected chi connectivity index (χ0v) is 10.2. The van der Waals surface area contributed by atoms with Crippen LogP contribution in [0.3, 0.4) is 0 Å². The van der Waals surface area contributed by atoms with Gasteiger partial charge in [-0.3, -0.25) is 0 Å². The van der Waals surface area contributed by atoms with Crippen LogP contribution in [0.15, 0.2) is 11.2 Å². The molecule has 0 radical (unpaired) electrons. The molecule has 0 aliphatic heterocycles. The van der Waals surface area contributed by atoms with Crippen LogP contribution in [0.5, 0.6) is 0 Å². The number of nitrogens with zero attached hydrogens (tertiary/aromatic N) is 2. The summed E-state index contributed by atoms with van der Waals surface area (Å²) in [6.07, 6.45) is 3.40. The van der Waals surface area contributed by atoms with Crippen LogP contribution in [-0.2, 0) is 0 Å². The van der Waals surface area contributed by atoms with E-state index in [0.29, 0.717) is 6.04 Å². The van der Waals surface area contributed by atoms with Crippen molar-refractivity contribution in [3.05, 3.63) is 6.07 Å². The maximum Gasteiger partial charge on any atom is 0.191 e. The van der Waals surface area contributed by atoms with Crippen molar-refractivity contribution in [1.29, 1.82) is 0 Å². The fourth-order valence-corrected chi connectivity index (χ4v) is 2.01. The predicted molar refractivity (Wildman–Crippen MR) is 66.0 cm³/mol. The average Bonchev–Trinajstić information content (AvgIpc) is 2.26. The summed E-state index contributed by atoms with van der Waals surface area (Å²) in [6.45, 7) is 0. The largest absolute Gasteiger partial charge is 0.393 e. The van der Waals surface area contributed by atoms with Crippen LogP contribution in [0.4, 0.5) is 11.6 Å². The van der Waals surface area contributed by atoms with Gasteiger partial charge in [0.15, 0.2) is 5.16 Å². The van der Waals surface area contributed by atoms with Gasteiger partial charge in [-0.25, -0.2) is 9.97 Å². The zero-order chi connectivity index (χ0) is 11.5. The fourth-order valence-electron chi connectivity index (χ4n) is 1.63. The first-order chi connectivity index (χ1) is 7.71. The summed E-state index contributed by atoms with van der Waals surface area (Å²) in [5.74, 6) is 1.63. The van der Waals surface area contributed by atoms with Crippen molar-refractivity contribution < 1.29 is 5.11 Å². The van der Waals surface area contributed by atoms with Gasteiger partial charge >= 0.3 is 0 Å². The monoisotopic (exact) mass is 240 g/mol. The molecular formula is C10H16N4OS. The molecule has 16 heavy (non-hydrogen) atoms. The predicted octanol–water partition coefficient (Wildman–Crippen LogP) is 1.18. The molecule has 1 saturated carbocycles. The molecule has 2 rings (SSSR count). The smallest absolute Gasteiger partial charge is 0.191 e. The molecule has 1 aliphatic carbocycles. The highest BCUT2D eigenvalue weighted by Gasteiger charge is 2.27.